The predicted octanol–water partition coefficient (Wildman–Crippen LogP) is 5.56. The molecule has 1 amide bonds. The Morgan fingerprint density at radius 3 is 2.66 bits per heavy atom. The molecule has 5 rings (SSSR count). The summed E-state index contributed by atoms with van der Waals surface area (Å²) in [7, 11) is 0. The molecule has 5 nitrogen and oxygen atoms in total. The van der Waals surface area contributed by atoms with Gasteiger partial charge in [-0.05, 0) is 61.0 Å². The van der Waals surface area contributed by atoms with Crippen LogP contribution in [0.15, 0.2) is 90.2 Å². The maximum absolute atomic E-state index is 12.7. The smallest absolute Gasteiger partial charge is 0.271 e. The Morgan fingerprint density at radius 2 is 1.75 bits per heavy atom. The Balaban J connectivity index is 1.40. The molecule has 1 N–H and O–H groups in total. The van der Waals surface area contributed by atoms with E-state index in [-0.39, 0.29) is 5.91 Å². The molecule has 0 aliphatic heterocycles. The van der Waals surface area contributed by atoms with Gasteiger partial charge in [-0.3, -0.25) is 9.78 Å². The number of fused-ring (bicyclic) bond motifs is 2. The van der Waals surface area contributed by atoms with Crippen LogP contribution in [0, 0.1) is 13.8 Å². The molecule has 0 aliphatic rings. The number of aromatic nitrogens is 2. The van der Waals surface area contributed by atoms with Gasteiger partial charge in [0.25, 0.3) is 5.91 Å². The summed E-state index contributed by atoms with van der Waals surface area (Å²) in [4.78, 5) is 17.1. The van der Waals surface area contributed by atoms with Crippen molar-refractivity contribution < 1.29 is 4.79 Å². The zero-order valence-electron chi connectivity index (χ0n) is 17.9. The Labute approximate surface area is 186 Å². The molecule has 0 bridgehead atoms. The Kier molecular flexibility index (Phi) is 5.00. The van der Waals surface area contributed by atoms with E-state index in [0.717, 1.165) is 44.3 Å². The summed E-state index contributed by atoms with van der Waals surface area (Å²) in [5.74, 6) is -0.228. The number of amides is 1. The van der Waals surface area contributed by atoms with Crippen LogP contribution in [0.4, 0.5) is 0 Å². The molecule has 156 valence electrons. The van der Waals surface area contributed by atoms with E-state index in [4.69, 9.17) is 0 Å². The summed E-state index contributed by atoms with van der Waals surface area (Å²) < 4.78 is 2.18. The van der Waals surface area contributed by atoms with Gasteiger partial charge >= 0.3 is 0 Å². The van der Waals surface area contributed by atoms with Crippen LogP contribution in [0.3, 0.4) is 0 Å². The van der Waals surface area contributed by atoms with Crippen LogP contribution >= 0.6 is 0 Å². The van der Waals surface area contributed by atoms with E-state index in [0.29, 0.717) is 5.56 Å². The van der Waals surface area contributed by atoms with E-state index < -0.39 is 0 Å². The van der Waals surface area contributed by atoms with E-state index in [2.05, 4.69) is 51.3 Å². The average molecular weight is 419 g/mol. The molecule has 32 heavy (non-hydrogen) atoms. The number of rotatable bonds is 4. The van der Waals surface area contributed by atoms with Crippen molar-refractivity contribution in [1.29, 1.82) is 0 Å². The number of hydrogen-bond donors (Lipinski definition) is 1. The first-order chi connectivity index (χ1) is 15.6. The first-order valence-corrected chi connectivity index (χ1v) is 10.5. The summed E-state index contributed by atoms with van der Waals surface area (Å²) in [6.45, 7) is 4.11. The third-order valence-corrected chi connectivity index (χ3v) is 5.72. The Bertz CT molecular complexity index is 1490. The maximum Gasteiger partial charge on any atom is 0.271 e. The highest BCUT2D eigenvalue weighted by atomic mass is 16.2. The van der Waals surface area contributed by atoms with Crippen LogP contribution < -0.4 is 5.43 Å². The van der Waals surface area contributed by atoms with Gasteiger partial charge in [-0.2, -0.15) is 5.10 Å². The van der Waals surface area contributed by atoms with Gasteiger partial charge in [-0.25, -0.2) is 5.43 Å². The van der Waals surface area contributed by atoms with Crippen molar-refractivity contribution in [2.75, 3.05) is 0 Å². The third kappa shape index (κ3) is 3.54. The molecular weight excluding hydrogens is 396 g/mol. The molecule has 3 aromatic carbocycles. The van der Waals surface area contributed by atoms with Crippen molar-refractivity contribution in [2.24, 2.45) is 5.10 Å². The third-order valence-electron chi connectivity index (χ3n) is 5.72. The topological polar surface area (TPSA) is 59.3 Å². The van der Waals surface area contributed by atoms with Crippen LogP contribution in [0.1, 0.15) is 27.3 Å². The van der Waals surface area contributed by atoms with Crippen molar-refractivity contribution in [2.45, 2.75) is 13.8 Å². The van der Waals surface area contributed by atoms with Crippen molar-refractivity contribution in [3.8, 4) is 5.69 Å². The van der Waals surface area contributed by atoms with Crippen LogP contribution in [-0.4, -0.2) is 21.7 Å². The van der Waals surface area contributed by atoms with Gasteiger partial charge in [0.1, 0.15) is 0 Å². The molecule has 0 unspecified atom stereocenters. The average Bonchev–Trinajstić information content (AvgIpc) is 3.11. The number of carbonyl (C=O) groups is 1. The Morgan fingerprint density at radius 1 is 0.938 bits per heavy atom. The van der Waals surface area contributed by atoms with Crippen LogP contribution in [0.2, 0.25) is 0 Å². The van der Waals surface area contributed by atoms with Gasteiger partial charge in [-0.15, -0.1) is 0 Å². The number of carbonyl (C=O) groups excluding carboxylic acids is 1. The second-order valence-electron chi connectivity index (χ2n) is 7.77. The van der Waals surface area contributed by atoms with Crippen LogP contribution in [0.25, 0.3) is 27.4 Å². The number of hydrogen-bond acceptors (Lipinski definition) is 3. The molecule has 2 heterocycles. The lowest BCUT2D eigenvalue weighted by Gasteiger charge is -2.10. The highest BCUT2D eigenvalue weighted by molar-refractivity contribution is 6.07. The van der Waals surface area contributed by atoms with Crippen molar-refractivity contribution in [1.82, 2.24) is 15.0 Å². The minimum atomic E-state index is -0.228. The molecule has 0 saturated heterocycles. The normalized spacial score (nSPS) is 11.4. The Hall–Kier alpha value is -4.25. The summed E-state index contributed by atoms with van der Waals surface area (Å²) in [5, 5.41) is 7.26. The minimum Gasteiger partial charge on any atom is -0.318 e. The van der Waals surface area contributed by atoms with Crippen LogP contribution in [-0.2, 0) is 0 Å². The number of hydrazone groups is 1. The molecule has 0 atom stereocenters. The first kappa shape index (κ1) is 19.7. The molecule has 0 fully saturated rings. The molecule has 5 aromatic rings. The van der Waals surface area contributed by atoms with E-state index in [9.17, 15) is 4.79 Å². The van der Waals surface area contributed by atoms with Gasteiger partial charge in [0.15, 0.2) is 0 Å². The number of benzene rings is 3. The molecular formula is C27H22N4O. The zero-order chi connectivity index (χ0) is 22.1. The largest absolute Gasteiger partial charge is 0.318 e. The fourth-order valence-electron chi connectivity index (χ4n) is 4.16. The first-order valence-electron chi connectivity index (χ1n) is 10.5. The van der Waals surface area contributed by atoms with Crippen LogP contribution in [0.5, 0.6) is 0 Å². The zero-order valence-corrected chi connectivity index (χ0v) is 17.9. The minimum absolute atomic E-state index is 0.228. The molecule has 2 aromatic heterocycles. The molecule has 0 radical (unpaired) electrons. The maximum atomic E-state index is 12.7. The van der Waals surface area contributed by atoms with E-state index >= 15 is 0 Å². The summed E-state index contributed by atoms with van der Waals surface area (Å²) >= 11 is 0. The van der Waals surface area contributed by atoms with Crippen molar-refractivity contribution in [3.63, 3.8) is 0 Å². The van der Waals surface area contributed by atoms with E-state index in [1.165, 1.54) is 0 Å². The monoisotopic (exact) mass is 418 g/mol. The lowest BCUT2D eigenvalue weighted by molar-refractivity contribution is 0.0957. The number of aryl methyl sites for hydroxylation is 1. The summed E-state index contributed by atoms with van der Waals surface area (Å²) in [6, 6.07) is 25.8. The quantitative estimate of drug-likeness (QED) is 0.307. The highest BCUT2D eigenvalue weighted by Gasteiger charge is 2.11. The lowest BCUT2D eigenvalue weighted by atomic mass is 10.0. The highest BCUT2D eigenvalue weighted by Crippen LogP contribution is 2.23. The van der Waals surface area contributed by atoms with Gasteiger partial charge in [0, 0.05) is 39.8 Å². The van der Waals surface area contributed by atoms with E-state index in [1.807, 2.05) is 61.5 Å². The summed E-state index contributed by atoms with van der Waals surface area (Å²) in [5.41, 5.74) is 8.41. The van der Waals surface area contributed by atoms with E-state index in [1.54, 1.807) is 12.4 Å². The van der Waals surface area contributed by atoms with Gasteiger partial charge in [0.05, 0.1) is 11.7 Å². The molecule has 0 aliphatic carbocycles. The SMILES string of the molecule is Cc1cc(/C=N\NC(=O)c2cccc3ccccc23)c(C)n1-c1ccc2ncccc2c1. The fraction of sp³-hybridized carbons (Fsp3) is 0.0741. The standard InChI is InChI=1S/C27H22N4O/c1-18-15-22(19(2)31(18)23-12-13-26-21(16-23)9-6-14-28-26)17-29-30-27(32)25-11-5-8-20-7-3-4-10-24(20)25/h3-17H,1-2H3,(H,30,32)/b29-17-. The van der Waals surface area contributed by atoms with Gasteiger partial charge in [0.2, 0.25) is 0 Å². The lowest BCUT2D eigenvalue weighted by Crippen LogP contribution is -2.18. The number of nitrogens with one attached hydrogen (secondary N) is 1. The van der Waals surface area contributed by atoms with Crippen molar-refractivity contribution in [3.05, 3.63) is 108 Å². The summed E-state index contributed by atoms with van der Waals surface area (Å²) in [6.07, 6.45) is 3.50. The molecule has 5 heteroatoms. The van der Waals surface area contributed by atoms with Crippen molar-refractivity contribution >= 4 is 33.8 Å². The molecule has 0 spiro atoms. The second kappa shape index (κ2) is 8.12. The second-order valence-corrected chi connectivity index (χ2v) is 7.77. The predicted molar refractivity (Wildman–Crippen MR) is 130 cm³/mol. The van der Waals surface area contributed by atoms with Gasteiger partial charge in [-0.1, -0.05) is 42.5 Å². The number of pyridine rings is 1. The molecule has 0 saturated carbocycles. The number of nitrogens with zero attached hydrogens (tertiary/aromatic N) is 3. The fourth-order valence-corrected chi connectivity index (χ4v) is 4.16. The van der Waals surface area contributed by atoms with Gasteiger partial charge < -0.3 is 4.57 Å².